The Hall–Kier alpha value is -2.21. The van der Waals surface area contributed by atoms with Gasteiger partial charge in [0.1, 0.15) is 18.1 Å². The van der Waals surface area contributed by atoms with Crippen molar-refractivity contribution in [2.45, 2.75) is 18.9 Å². The second kappa shape index (κ2) is 5.14. The minimum absolute atomic E-state index is 0.234. The predicted molar refractivity (Wildman–Crippen MR) is 91.0 cm³/mol. The second-order valence-corrected chi connectivity index (χ2v) is 7.06. The molecule has 3 aromatic rings. The van der Waals surface area contributed by atoms with Crippen LogP contribution in [0.15, 0.2) is 30.6 Å². The summed E-state index contributed by atoms with van der Waals surface area (Å²) in [6.45, 7) is 1.88. The molecule has 6 heteroatoms. The number of nitrogens with zero attached hydrogens (tertiary/aromatic N) is 3. The molecule has 0 amide bonds. The van der Waals surface area contributed by atoms with Crippen LogP contribution in [0.25, 0.3) is 21.9 Å². The number of alkyl halides is 1. The van der Waals surface area contributed by atoms with Crippen LogP contribution in [0.5, 0.6) is 0 Å². The summed E-state index contributed by atoms with van der Waals surface area (Å²) in [5.74, 6) is 1.01. The molecule has 5 rings (SSSR count). The number of nitrogens with one attached hydrogen (secondary N) is 1. The number of aromatic amines is 1. The molecule has 5 nitrogen and oxygen atoms in total. The van der Waals surface area contributed by atoms with E-state index in [0.29, 0.717) is 5.41 Å². The van der Waals surface area contributed by atoms with E-state index in [1.165, 1.54) is 0 Å². The largest absolute Gasteiger partial charge is 0.375 e. The van der Waals surface area contributed by atoms with Crippen LogP contribution in [0.2, 0.25) is 0 Å². The molecule has 24 heavy (non-hydrogen) atoms. The summed E-state index contributed by atoms with van der Waals surface area (Å²) in [4.78, 5) is 14.7. The normalized spacial score (nSPS) is 19.8. The van der Waals surface area contributed by atoms with Gasteiger partial charge < -0.3 is 14.6 Å². The molecule has 1 saturated heterocycles. The topological polar surface area (TPSA) is 54.0 Å². The fourth-order valence-corrected chi connectivity index (χ4v) is 4.20. The highest BCUT2D eigenvalue weighted by atomic mass is 19.1. The van der Waals surface area contributed by atoms with Gasteiger partial charge in [0.15, 0.2) is 0 Å². The Labute approximate surface area is 138 Å². The molecule has 4 heterocycles. The Morgan fingerprint density at radius 3 is 2.96 bits per heavy atom. The van der Waals surface area contributed by atoms with Gasteiger partial charge in [-0.1, -0.05) is 0 Å². The van der Waals surface area contributed by atoms with E-state index in [4.69, 9.17) is 9.72 Å². The minimum atomic E-state index is -0.389. The van der Waals surface area contributed by atoms with E-state index >= 15 is 0 Å². The average Bonchev–Trinajstić information content (AvgIpc) is 2.89. The van der Waals surface area contributed by atoms with E-state index in [9.17, 15) is 4.39 Å². The lowest BCUT2D eigenvalue weighted by atomic mass is 9.62. The average molecular weight is 326 g/mol. The first-order chi connectivity index (χ1) is 11.8. The molecule has 1 N–H and O–H groups in total. The maximum atomic E-state index is 12.1. The third-order valence-electron chi connectivity index (χ3n) is 5.37. The van der Waals surface area contributed by atoms with Gasteiger partial charge in [-0.05, 0) is 31.0 Å². The molecule has 0 aromatic carbocycles. The Morgan fingerprint density at radius 2 is 2.12 bits per heavy atom. The zero-order chi connectivity index (χ0) is 16.1. The Morgan fingerprint density at radius 1 is 1.25 bits per heavy atom. The minimum Gasteiger partial charge on any atom is -0.375 e. The number of rotatable bonds is 4. The van der Waals surface area contributed by atoms with Crippen LogP contribution < -0.4 is 4.90 Å². The maximum absolute atomic E-state index is 12.1. The van der Waals surface area contributed by atoms with E-state index < -0.39 is 0 Å². The number of fused-ring (bicyclic) bond motifs is 3. The van der Waals surface area contributed by atoms with E-state index in [0.717, 1.165) is 53.7 Å². The number of hydrogen-bond acceptors (Lipinski definition) is 4. The third-order valence-corrected chi connectivity index (χ3v) is 5.37. The molecule has 3 aromatic heterocycles. The zero-order valence-electron chi connectivity index (χ0n) is 13.3. The van der Waals surface area contributed by atoms with Crippen LogP contribution in [0.1, 0.15) is 12.8 Å². The van der Waals surface area contributed by atoms with Gasteiger partial charge in [-0.15, -0.1) is 0 Å². The second-order valence-electron chi connectivity index (χ2n) is 7.06. The molecule has 0 atom stereocenters. The Kier molecular flexibility index (Phi) is 3.03. The van der Waals surface area contributed by atoms with Crippen molar-refractivity contribution < 1.29 is 9.13 Å². The van der Waals surface area contributed by atoms with Gasteiger partial charge in [0.05, 0.1) is 18.2 Å². The van der Waals surface area contributed by atoms with E-state index in [1.54, 1.807) is 6.20 Å². The smallest absolute Gasteiger partial charge is 0.140 e. The lowest BCUT2D eigenvalue weighted by Gasteiger charge is -2.59. The van der Waals surface area contributed by atoms with Gasteiger partial charge in [0.25, 0.3) is 0 Å². The van der Waals surface area contributed by atoms with Crippen LogP contribution >= 0.6 is 0 Å². The van der Waals surface area contributed by atoms with Gasteiger partial charge in [0.2, 0.25) is 0 Å². The summed E-state index contributed by atoms with van der Waals surface area (Å²) >= 11 is 0. The number of hydrogen-bond donors (Lipinski definition) is 1. The monoisotopic (exact) mass is 326 g/mol. The van der Waals surface area contributed by atoms with Gasteiger partial charge in [-0.25, -0.2) is 9.37 Å². The van der Waals surface area contributed by atoms with Crippen molar-refractivity contribution in [3.05, 3.63) is 30.6 Å². The Bertz CT molecular complexity index is 894. The van der Waals surface area contributed by atoms with Crippen LogP contribution in [0, 0.1) is 5.41 Å². The van der Waals surface area contributed by atoms with Crippen molar-refractivity contribution in [1.29, 1.82) is 0 Å². The van der Waals surface area contributed by atoms with Crippen molar-refractivity contribution in [3.8, 4) is 0 Å². The standard InChI is InChI=1S/C18H19FN4O/c19-4-6-24-12-7-18(8-12)10-23(11-18)16-2-1-13-14-9-20-5-3-15(14)21-17(13)22-16/h1-3,5,9,12H,4,6-8,10-11H2,(H,21,22). The highest BCUT2D eigenvalue weighted by Crippen LogP contribution is 2.50. The molecule has 0 radical (unpaired) electrons. The van der Waals surface area contributed by atoms with Crippen molar-refractivity contribution >= 4 is 27.8 Å². The zero-order valence-corrected chi connectivity index (χ0v) is 13.3. The number of anilines is 1. The summed E-state index contributed by atoms with van der Waals surface area (Å²) in [7, 11) is 0. The summed E-state index contributed by atoms with van der Waals surface area (Å²) in [6.07, 6.45) is 6.00. The number of ether oxygens (including phenoxy) is 1. The van der Waals surface area contributed by atoms with Gasteiger partial charge in [0, 0.05) is 41.7 Å². The fraction of sp³-hybridized carbons (Fsp3) is 0.444. The summed E-state index contributed by atoms with van der Waals surface area (Å²) < 4.78 is 17.6. The van der Waals surface area contributed by atoms with Crippen molar-refractivity contribution in [2.75, 3.05) is 31.3 Å². The van der Waals surface area contributed by atoms with Gasteiger partial charge in [-0.2, -0.15) is 0 Å². The SMILES string of the molecule is FCCOC1CC2(C1)CN(c1ccc3c(n1)[nH]c1ccncc13)C2. The first kappa shape index (κ1) is 14.2. The van der Waals surface area contributed by atoms with Gasteiger partial charge in [-0.3, -0.25) is 4.98 Å². The number of H-pyrrole nitrogens is 1. The summed E-state index contributed by atoms with van der Waals surface area (Å²) in [5.41, 5.74) is 2.34. The van der Waals surface area contributed by atoms with E-state index in [-0.39, 0.29) is 19.4 Å². The first-order valence-corrected chi connectivity index (χ1v) is 8.41. The number of halogens is 1. The molecule has 1 aliphatic heterocycles. The van der Waals surface area contributed by atoms with Crippen molar-refractivity contribution in [1.82, 2.24) is 15.0 Å². The molecule has 0 bridgehead atoms. The quantitative estimate of drug-likeness (QED) is 0.800. The molecule has 2 aliphatic rings. The molecule has 1 spiro atoms. The first-order valence-electron chi connectivity index (χ1n) is 8.41. The highest BCUT2D eigenvalue weighted by Gasteiger charge is 2.53. The number of pyridine rings is 2. The lowest BCUT2D eigenvalue weighted by Crippen LogP contribution is -2.64. The van der Waals surface area contributed by atoms with Crippen LogP contribution in [-0.2, 0) is 4.74 Å². The molecule has 2 fully saturated rings. The Balaban J connectivity index is 1.31. The third kappa shape index (κ3) is 2.09. The van der Waals surface area contributed by atoms with Crippen molar-refractivity contribution in [2.24, 2.45) is 5.41 Å². The van der Waals surface area contributed by atoms with E-state index in [1.807, 2.05) is 12.3 Å². The molecule has 1 aliphatic carbocycles. The fourth-order valence-electron chi connectivity index (χ4n) is 4.20. The summed E-state index contributed by atoms with van der Waals surface area (Å²) in [6, 6.07) is 6.18. The molecular formula is C18H19FN4O. The molecule has 124 valence electrons. The lowest BCUT2D eigenvalue weighted by molar-refractivity contribution is -0.0950. The maximum Gasteiger partial charge on any atom is 0.140 e. The van der Waals surface area contributed by atoms with Gasteiger partial charge >= 0.3 is 0 Å². The van der Waals surface area contributed by atoms with Crippen LogP contribution in [-0.4, -0.2) is 47.4 Å². The van der Waals surface area contributed by atoms with E-state index in [2.05, 4.69) is 27.0 Å². The molecular weight excluding hydrogens is 307 g/mol. The van der Waals surface area contributed by atoms with Crippen LogP contribution in [0.3, 0.4) is 0 Å². The highest BCUT2D eigenvalue weighted by molar-refractivity contribution is 6.05. The molecule has 0 unspecified atom stereocenters. The number of aromatic nitrogens is 3. The summed E-state index contributed by atoms with van der Waals surface area (Å²) in [5, 5.41) is 2.22. The van der Waals surface area contributed by atoms with Crippen LogP contribution in [0.4, 0.5) is 10.2 Å². The molecule has 1 saturated carbocycles. The predicted octanol–water partition coefficient (Wildman–Crippen LogP) is 3.07. The van der Waals surface area contributed by atoms with Crippen molar-refractivity contribution in [3.63, 3.8) is 0 Å².